The number of aromatic nitrogens is 2. The second kappa shape index (κ2) is 5.27. The summed E-state index contributed by atoms with van der Waals surface area (Å²) in [6.45, 7) is 2.83. The highest BCUT2D eigenvalue weighted by Gasteiger charge is 2.10. The molecular weight excluding hydrogens is 218 g/mol. The van der Waals surface area contributed by atoms with E-state index in [0.717, 1.165) is 22.3 Å². The summed E-state index contributed by atoms with van der Waals surface area (Å²) in [5.74, 6) is 0. The van der Waals surface area contributed by atoms with E-state index in [0.29, 0.717) is 11.8 Å². The minimum Gasteiger partial charge on any atom is -0.329 e. The standard InChI is InChI=1S/C12H15N3S/c1-2-9(7-13)16-12-10-5-3-4-6-11(10)14-8-15-12/h3-6,8-9H,2,7,13H2,1H3. The smallest absolute Gasteiger partial charge is 0.117 e. The van der Waals surface area contributed by atoms with Crippen LogP contribution < -0.4 is 5.73 Å². The summed E-state index contributed by atoms with van der Waals surface area (Å²) >= 11 is 1.74. The van der Waals surface area contributed by atoms with Crippen molar-refractivity contribution in [2.75, 3.05) is 6.54 Å². The molecule has 3 nitrogen and oxygen atoms in total. The van der Waals surface area contributed by atoms with Crippen LogP contribution >= 0.6 is 11.8 Å². The van der Waals surface area contributed by atoms with Crippen molar-refractivity contribution in [3.8, 4) is 0 Å². The molecule has 2 N–H and O–H groups in total. The molecule has 1 unspecified atom stereocenters. The van der Waals surface area contributed by atoms with Crippen molar-refractivity contribution in [3.63, 3.8) is 0 Å². The molecule has 0 aliphatic carbocycles. The van der Waals surface area contributed by atoms with Crippen LogP contribution in [-0.4, -0.2) is 21.8 Å². The van der Waals surface area contributed by atoms with E-state index in [1.54, 1.807) is 18.1 Å². The van der Waals surface area contributed by atoms with Crippen molar-refractivity contribution >= 4 is 22.7 Å². The lowest BCUT2D eigenvalue weighted by Gasteiger charge is -2.11. The van der Waals surface area contributed by atoms with Crippen molar-refractivity contribution in [3.05, 3.63) is 30.6 Å². The Morgan fingerprint density at radius 3 is 2.88 bits per heavy atom. The number of thioether (sulfide) groups is 1. The first-order valence-electron chi connectivity index (χ1n) is 5.41. The molecular formula is C12H15N3S. The summed E-state index contributed by atoms with van der Waals surface area (Å²) < 4.78 is 0. The van der Waals surface area contributed by atoms with Crippen LogP contribution in [0.5, 0.6) is 0 Å². The van der Waals surface area contributed by atoms with Crippen molar-refractivity contribution in [1.29, 1.82) is 0 Å². The maximum atomic E-state index is 5.71. The summed E-state index contributed by atoms with van der Waals surface area (Å²) in [6, 6.07) is 8.06. The second-order valence-corrected chi connectivity index (χ2v) is 4.87. The normalized spacial score (nSPS) is 12.9. The van der Waals surface area contributed by atoms with E-state index < -0.39 is 0 Å². The van der Waals surface area contributed by atoms with Gasteiger partial charge in [0.1, 0.15) is 11.4 Å². The molecule has 0 saturated carbocycles. The Labute approximate surface area is 99.5 Å². The molecule has 2 rings (SSSR count). The molecule has 1 atom stereocenters. The molecule has 0 saturated heterocycles. The van der Waals surface area contributed by atoms with Gasteiger partial charge in [-0.1, -0.05) is 25.1 Å². The van der Waals surface area contributed by atoms with Gasteiger partial charge in [-0.3, -0.25) is 0 Å². The quantitative estimate of drug-likeness (QED) is 0.651. The zero-order chi connectivity index (χ0) is 11.4. The van der Waals surface area contributed by atoms with Crippen LogP contribution in [0.1, 0.15) is 13.3 Å². The Balaban J connectivity index is 2.36. The van der Waals surface area contributed by atoms with Gasteiger partial charge in [0.15, 0.2) is 0 Å². The highest BCUT2D eigenvalue weighted by Crippen LogP contribution is 2.28. The minimum atomic E-state index is 0.429. The third kappa shape index (κ3) is 2.33. The van der Waals surface area contributed by atoms with Crippen LogP contribution in [0.2, 0.25) is 0 Å². The molecule has 1 heterocycles. The van der Waals surface area contributed by atoms with E-state index in [9.17, 15) is 0 Å². The minimum absolute atomic E-state index is 0.429. The second-order valence-electron chi connectivity index (χ2n) is 3.58. The highest BCUT2D eigenvalue weighted by atomic mass is 32.2. The van der Waals surface area contributed by atoms with Crippen molar-refractivity contribution in [1.82, 2.24) is 9.97 Å². The van der Waals surface area contributed by atoms with Crippen LogP contribution in [0.15, 0.2) is 35.6 Å². The topological polar surface area (TPSA) is 51.8 Å². The van der Waals surface area contributed by atoms with Gasteiger partial charge in [0.2, 0.25) is 0 Å². The van der Waals surface area contributed by atoms with Gasteiger partial charge in [-0.2, -0.15) is 0 Å². The average molecular weight is 233 g/mol. The number of benzene rings is 1. The number of rotatable bonds is 4. The Bertz CT molecular complexity index is 463. The van der Waals surface area contributed by atoms with Crippen LogP contribution in [-0.2, 0) is 0 Å². The van der Waals surface area contributed by atoms with Crippen LogP contribution in [0.4, 0.5) is 0 Å². The van der Waals surface area contributed by atoms with E-state index in [-0.39, 0.29) is 0 Å². The van der Waals surface area contributed by atoms with Crippen LogP contribution in [0.25, 0.3) is 10.9 Å². The molecule has 0 spiro atoms. The fraction of sp³-hybridized carbons (Fsp3) is 0.333. The van der Waals surface area contributed by atoms with Crippen molar-refractivity contribution < 1.29 is 0 Å². The maximum Gasteiger partial charge on any atom is 0.117 e. The van der Waals surface area contributed by atoms with E-state index in [2.05, 4.69) is 23.0 Å². The van der Waals surface area contributed by atoms with E-state index in [1.165, 1.54) is 0 Å². The molecule has 1 aromatic heterocycles. The highest BCUT2D eigenvalue weighted by molar-refractivity contribution is 8.00. The van der Waals surface area contributed by atoms with Gasteiger partial charge in [0.25, 0.3) is 0 Å². The van der Waals surface area contributed by atoms with Gasteiger partial charge < -0.3 is 5.73 Å². The Morgan fingerprint density at radius 2 is 2.12 bits per heavy atom. The van der Waals surface area contributed by atoms with Crippen LogP contribution in [0.3, 0.4) is 0 Å². The summed E-state index contributed by atoms with van der Waals surface area (Å²) in [7, 11) is 0. The molecule has 4 heteroatoms. The van der Waals surface area contributed by atoms with Gasteiger partial charge in [0, 0.05) is 17.2 Å². The predicted octanol–water partition coefficient (Wildman–Crippen LogP) is 2.46. The van der Waals surface area contributed by atoms with Gasteiger partial charge in [0.05, 0.1) is 5.52 Å². The fourth-order valence-corrected chi connectivity index (χ4v) is 2.52. The van der Waals surface area contributed by atoms with E-state index in [1.807, 2.05) is 18.2 Å². The first kappa shape index (κ1) is 11.4. The molecule has 0 fully saturated rings. The lowest BCUT2D eigenvalue weighted by atomic mass is 10.2. The predicted molar refractivity (Wildman–Crippen MR) is 68.5 cm³/mol. The van der Waals surface area contributed by atoms with E-state index in [4.69, 9.17) is 5.73 Å². The summed E-state index contributed by atoms with van der Waals surface area (Å²) in [5.41, 5.74) is 6.70. The average Bonchev–Trinajstić information content (AvgIpc) is 2.36. The number of fused-ring (bicyclic) bond motifs is 1. The molecule has 0 aliphatic rings. The van der Waals surface area contributed by atoms with Gasteiger partial charge in [-0.15, -0.1) is 11.8 Å². The molecule has 0 amide bonds. The number of hydrogen-bond acceptors (Lipinski definition) is 4. The lowest BCUT2D eigenvalue weighted by Crippen LogP contribution is -2.15. The molecule has 84 valence electrons. The zero-order valence-electron chi connectivity index (χ0n) is 9.26. The summed E-state index contributed by atoms with van der Waals surface area (Å²) in [4.78, 5) is 8.58. The fourth-order valence-electron chi connectivity index (χ4n) is 1.53. The third-order valence-corrected chi connectivity index (χ3v) is 3.91. The third-order valence-electron chi connectivity index (χ3n) is 2.50. The van der Waals surface area contributed by atoms with Gasteiger partial charge in [-0.25, -0.2) is 9.97 Å². The largest absolute Gasteiger partial charge is 0.329 e. The number of hydrogen-bond donors (Lipinski definition) is 1. The van der Waals surface area contributed by atoms with E-state index >= 15 is 0 Å². The van der Waals surface area contributed by atoms with Crippen molar-refractivity contribution in [2.24, 2.45) is 5.73 Å². The molecule has 0 aliphatic heterocycles. The summed E-state index contributed by atoms with van der Waals surface area (Å²) in [5, 5.41) is 2.57. The molecule has 1 aromatic carbocycles. The Morgan fingerprint density at radius 1 is 1.31 bits per heavy atom. The molecule has 0 bridgehead atoms. The summed E-state index contributed by atoms with van der Waals surface area (Å²) in [6.07, 6.45) is 2.67. The van der Waals surface area contributed by atoms with Gasteiger partial charge >= 0.3 is 0 Å². The zero-order valence-corrected chi connectivity index (χ0v) is 10.1. The number of nitrogens with zero attached hydrogens (tertiary/aromatic N) is 2. The molecule has 16 heavy (non-hydrogen) atoms. The number of para-hydroxylation sites is 1. The number of nitrogens with two attached hydrogens (primary N) is 1. The Hall–Kier alpha value is -1.13. The Kier molecular flexibility index (Phi) is 3.74. The monoisotopic (exact) mass is 233 g/mol. The first-order valence-corrected chi connectivity index (χ1v) is 6.29. The van der Waals surface area contributed by atoms with Crippen LogP contribution in [0, 0.1) is 0 Å². The lowest BCUT2D eigenvalue weighted by molar-refractivity contribution is 0.824. The molecule has 2 aromatic rings. The van der Waals surface area contributed by atoms with Gasteiger partial charge in [-0.05, 0) is 12.5 Å². The van der Waals surface area contributed by atoms with Crippen molar-refractivity contribution in [2.45, 2.75) is 23.6 Å². The first-order chi connectivity index (χ1) is 7.85. The SMILES string of the molecule is CCC(CN)Sc1ncnc2ccccc12. The maximum absolute atomic E-state index is 5.71. The molecule has 0 radical (unpaired) electrons.